The summed E-state index contributed by atoms with van der Waals surface area (Å²) >= 11 is 2.02. The molecule has 1 saturated heterocycles. The van der Waals surface area contributed by atoms with Crippen molar-refractivity contribution in [3.63, 3.8) is 0 Å². The van der Waals surface area contributed by atoms with Crippen LogP contribution in [0.1, 0.15) is 30.2 Å². The SMILES string of the molecule is Nc1cccc2nc(C3CCCCS3)cn12. The zero-order chi connectivity index (χ0) is 11.0. The van der Waals surface area contributed by atoms with E-state index in [1.54, 1.807) is 0 Å². The number of pyridine rings is 1. The van der Waals surface area contributed by atoms with Crippen LogP contribution in [-0.4, -0.2) is 15.1 Å². The molecule has 0 aliphatic carbocycles. The molecule has 16 heavy (non-hydrogen) atoms. The van der Waals surface area contributed by atoms with E-state index in [1.807, 2.05) is 34.4 Å². The number of hydrogen-bond acceptors (Lipinski definition) is 3. The fraction of sp³-hybridized carbons (Fsp3) is 0.417. The molecule has 0 amide bonds. The van der Waals surface area contributed by atoms with Crippen LogP contribution in [0.25, 0.3) is 5.65 Å². The molecule has 84 valence electrons. The van der Waals surface area contributed by atoms with Crippen LogP contribution in [-0.2, 0) is 0 Å². The van der Waals surface area contributed by atoms with Crippen molar-refractivity contribution in [2.75, 3.05) is 11.5 Å². The summed E-state index contributed by atoms with van der Waals surface area (Å²) in [6.07, 6.45) is 6.00. The number of hydrogen-bond donors (Lipinski definition) is 1. The molecule has 2 N–H and O–H groups in total. The molecule has 1 aliphatic rings. The van der Waals surface area contributed by atoms with Gasteiger partial charge in [-0.25, -0.2) is 4.98 Å². The van der Waals surface area contributed by atoms with Crippen LogP contribution in [0.4, 0.5) is 5.82 Å². The van der Waals surface area contributed by atoms with E-state index in [4.69, 9.17) is 5.73 Å². The quantitative estimate of drug-likeness (QED) is 0.823. The maximum atomic E-state index is 5.92. The van der Waals surface area contributed by atoms with Gasteiger partial charge in [-0.1, -0.05) is 12.5 Å². The molecule has 3 rings (SSSR count). The molecular formula is C12H15N3S. The predicted octanol–water partition coefficient (Wildman–Crippen LogP) is 2.87. The molecule has 1 atom stereocenters. The van der Waals surface area contributed by atoms with Crippen LogP contribution in [0.3, 0.4) is 0 Å². The van der Waals surface area contributed by atoms with Gasteiger partial charge >= 0.3 is 0 Å². The van der Waals surface area contributed by atoms with Crippen molar-refractivity contribution in [1.29, 1.82) is 0 Å². The lowest BCUT2D eigenvalue weighted by Crippen LogP contribution is -2.02. The van der Waals surface area contributed by atoms with Crippen molar-refractivity contribution in [3.05, 3.63) is 30.1 Å². The van der Waals surface area contributed by atoms with Crippen molar-refractivity contribution in [2.24, 2.45) is 0 Å². The van der Waals surface area contributed by atoms with Gasteiger partial charge in [-0.3, -0.25) is 4.40 Å². The van der Waals surface area contributed by atoms with Crippen molar-refractivity contribution >= 4 is 23.2 Å². The summed E-state index contributed by atoms with van der Waals surface area (Å²) in [6.45, 7) is 0. The van der Waals surface area contributed by atoms with E-state index in [0.29, 0.717) is 5.25 Å². The Morgan fingerprint density at radius 1 is 1.38 bits per heavy atom. The summed E-state index contributed by atoms with van der Waals surface area (Å²) in [4.78, 5) is 4.66. The number of nitrogen functional groups attached to an aromatic ring is 1. The monoisotopic (exact) mass is 233 g/mol. The lowest BCUT2D eigenvalue weighted by Gasteiger charge is -2.18. The fourth-order valence-corrected chi connectivity index (χ4v) is 3.45. The van der Waals surface area contributed by atoms with Gasteiger partial charge in [-0.15, -0.1) is 0 Å². The van der Waals surface area contributed by atoms with Crippen molar-refractivity contribution < 1.29 is 0 Å². The minimum absolute atomic E-state index is 0.563. The van der Waals surface area contributed by atoms with Crippen molar-refractivity contribution in [2.45, 2.75) is 24.5 Å². The zero-order valence-electron chi connectivity index (χ0n) is 9.10. The number of imidazole rings is 1. The highest BCUT2D eigenvalue weighted by Gasteiger charge is 2.18. The van der Waals surface area contributed by atoms with Gasteiger partial charge in [0.1, 0.15) is 11.5 Å². The highest BCUT2D eigenvalue weighted by molar-refractivity contribution is 7.99. The Kier molecular flexibility index (Phi) is 2.52. The molecule has 0 bridgehead atoms. The Labute approximate surface area is 99.1 Å². The van der Waals surface area contributed by atoms with E-state index in [2.05, 4.69) is 11.2 Å². The minimum Gasteiger partial charge on any atom is -0.385 e. The van der Waals surface area contributed by atoms with Crippen molar-refractivity contribution in [3.8, 4) is 0 Å². The third-order valence-electron chi connectivity index (χ3n) is 3.05. The molecule has 2 aromatic heterocycles. The van der Waals surface area contributed by atoms with Crippen LogP contribution >= 0.6 is 11.8 Å². The van der Waals surface area contributed by atoms with E-state index in [0.717, 1.165) is 11.5 Å². The second-order valence-corrected chi connectivity index (χ2v) is 5.51. The average molecular weight is 233 g/mol. The first-order valence-corrected chi connectivity index (χ1v) is 6.74. The third kappa shape index (κ3) is 1.67. The summed E-state index contributed by atoms with van der Waals surface area (Å²) in [5.41, 5.74) is 8.06. The Hall–Kier alpha value is -1.16. The second kappa shape index (κ2) is 4.01. The Balaban J connectivity index is 2.01. The summed E-state index contributed by atoms with van der Waals surface area (Å²) in [5, 5.41) is 0.563. The number of rotatable bonds is 1. The molecule has 1 aliphatic heterocycles. The molecular weight excluding hydrogens is 218 g/mol. The second-order valence-electron chi connectivity index (χ2n) is 4.20. The van der Waals surface area contributed by atoms with Gasteiger partial charge in [0.2, 0.25) is 0 Å². The smallest absolute Gasteiger partial charge is 0.138 e. The summed E-state index contributed by atoms with van der Waals surface area (Å²) in [7, 11) is 0. The molecule has 0 spiro atoms. The van der Waals surface area contributed by atoms with Gasteiger partial charge in [0.15, 0.2) is 0 Å². The summed E-state index contributed by atoms with van der Waals surface area (Å²) < 4.78 is 1.98. The molecule has 0 saturated carbocycles. The number of anilines is 1. The first-order valence-electron chi connectivity index (χ1n) is 5.70. The molecule has 2 aromatic rings. The Morgan fingerprint density at radius 2 is 2.31 bits per heavy atom. The fourth-order valence-electron chi connectivity index (χ4n) is 2.18. The number of aromatic nitrogens is 2. The highest BCUT2D eigenvalue weighted by atomic mass is 32.2. The van der Waals surface area contributed by atoms with Gasteiger partial charge in [0, 0.05) is 11.4 Å². The first kappa shape index (κ1) is 10.0. The standard InChI is InChI=1S/C12H15N3S/c13-11-5-3-6-12-14-9(8-15(11)12)10-4-1-2-7-16-10/h3,5-6,8,10H,1-2,4,7,13H2. The van der Waals surface area contributed by atoms with Gasteiger partial charge in [-0.2, -0.15) is 11.8 Å². The van der Waals surface area contributed by atoms with E-state index in [9.17, 15) is 0 Å². The van der Waals surface area contributed by atoms with Crippen LogP contribution in [0.2, 0.25) is 0 Å². The minimum atomic E-state index is 0.563. The molecule has 4 heteroatoms. The van der Waals surface area contributed by atoms with Crippen LogP contribution in [0, 0.1) is 0 Å². The van der Waals surface area contributed by atoms with E-state index >= 15 is 0 Å². The van der Waals surface area contributed by atoms with Crippen LogP contribution in [0.5, 0.6) is 0 Å². The normalized spacial score (nSPS) is 21.4. The zero-order valence-corrected chi connectivity index (χ0v) is 9.91. The Bertz CT molecular complexity index is 500. The van der Waals surface area contributed by atoms with Gasteiger partial charge in [0.05, 0.1) is 5.69 Å². The molecule has 1 unspecified atom stereocenters. The number of nitrogens with two attached hydrogens (primary N) is 1. The summed E-state index contributed by atoms with van der Waals surface area (Å²) in [5.74, 6) is 2.02. The molecule has 0 radical (unpaired) electrons. The molecule has 0 aromatic carbocycles. The molecule has 1 fully saturated rings. The molecule has 3 nitrogen and oxygen atoms in total. The van der Waals surface area contributed by atoms with Crippen LogP contribution < -0.4 is 5.73 Å². The average Bonchev–Trinajstić information content (AvgIpc) is 2.76. The van der Waals surface area contributed by atoms with Gasteiger partial charge in [-0.05, 0) is 30.7 Å². The Morgan fingerprint density at radius 3 is 3.06 bits per heavy atom. The maximum absolute atomic E-state index is 5.92. The highest BCUT2D eigenvalue weighted by Crippen LogP contribution is 2.37. The number of thioether (sulfide) groups is 1. The lowest BCUT2D eigenvalue weighted by atomic mass is 10.1. The largest absolute Gasteiger partial charge is 0.385 e. The van der Waals surface area contributed by atoms with Crippen LogP contribution in [0.15, 0.2) is 24.4 Å². The van der Waals surface area contributed by atoms with Gasteiger partial charge < -0.3 is 5.73 Å². The van der Waals surface area contributed by atoms with Gasteiger partial charge in [0.25, 0.3) is 0 Å². The number of nitrogens with zero attached hydrogens (tertiary/aromatic N) is 2. The maximum Gasteiger partial charge on any atom is 0.138 e. The topological polar surface area (TPSA) is 43.3 Å². The predicted molar refractivity (Wildman–Crippen MR) is 68.7 cm³/mol. The van der Waals surface area contributed by atoms with Crippen molar-refractivity contribution in [1.82, 2.24) is 9.38 Å². The first-order chi connectivity index (χ1) is 7.84. The van der Waals surface area contributed by atoms with E-state index in [1.165, 1.54) is 30.7 Å². The van der Waals surface area contributed by atoms with E-state index < -0.39 is 0 Å². The third-order valence-corrected chi connectivity index (χ3v) is 4.46. The van der Waals surface area contributed by atoms with E-state index in [-0.39, 0.29) is 0 Å². The number of fused-ring (bicyclic) bond motifs is 1. The molecule has 3 heterocycles. The lowest BCUT2D eigenvalue weighted by molar-refractivity contribution is 0.678. The summed E-state index contributed by atoms with van der Waals surface area (Å²) in [6, 6.07) is 5.87.